The van der Waals surface area contributed by atoms with Crippen molar-refractivity contribution in [1.29, 1.82) is 0 Å². The van der Waals surface area contributed by atoms with Crippen molar-refractivity contribution in [2.45, 2.75) is 49.9 Å². The first-order valence-electron chi connectivity index (χ1n) is 7.04. The number of aliphatic imine (C=N–C) groups is 1. The van der Waals surface area contributed by atoms with Crippen LogP contribution >= 0.6 is 0 Å². The smallest absolute Gasteiger partial charge is 0.229 e. The molecule has 2 fully saturated rings. The van der Waals surface area contributed by atoms with Crippen molar-refractivity contribution in [3.63, 3.8) is 0 Å². The predicted octanol–water partition coefficient (Wildman–Crippen LogP) is 0.0821. The standard InChI is InChI=1S/C12H20N2O5S2/c1-10-8-11(13-9-15)2-5-14(10)21(18,19)12-3-6-20(16,17)7-4-12/h10-12H,2-8H2,1H3. The largest absolute Gasteiger partial charge is 0.235 e. The Hall–Kier alpha value is -0.760. The molecule has 0 amide bonds. The lowest BCUT2D eigenvalue weighted by Gasteiger charge is -2.37. The van der Waals surface area contributed by atoms with Gasteiger partial charge in [0.1, 0.15) is 9.84 Å². The number of hydrogen-bond acceptors (Lipinski definition) is 6. The molecule has 0 aliphatic carbocycles. The van der Waals surface area contributed by atoms with E-state index in [9.17, 15) is 21.6 Å². The quantitative estimate of drug-likeness (QED) is 0.537. The van der Waals surface area contributed by atoms with Gasteiger partial charge in [-0.05, 0) is 32.6 Å². The van der Waals surface area contributed by atoms with Crippen LogP contribution in [0, 0.1) is 0 Å². The first-order valence-corrected chi connectivity index (χ1v) is 10.4. The molecular formula is C12H20N2O5S2. The number of hydrogen-bond donors (Lipinski definition) is 0. The molecule has 0 bridgehead atoms. The van der Waals surface area contributed by atoms with Crippen LogP contribution in [0.4, 0.5) is 0 Å². The minimum atomic E-state index is -3.49. The molecule has 9 heteroatoms. The lowest BCUT2D eigenvalue weighted by Crippen LogP contribution is -2.50. The van der Waals surface area contributed by atoms with Crippen molar-refractivity contribution >= 4 is 25.9 Å². The Labute approximate surface area is 125 Å². The normalized spacial score (nSPS) is 31.5. The van der Waals surface area contributed by atoms with Crippen molar-refractivity contribution in [2.24, 2.45) is 4.99 Å². The molecular weight excluding hydrogens is 316 g/mol. The van der Waals surface area contributed by atoms with Crippen molar-refractivity contribution in [3.05, 3.63) is 0 Å². The topological polar surface area (TPSA) is 101 Å². The zero-order chi connectivity index (χ0) is 15.7. The van der Waals surface area contributed by atoms with Gasteiger partial charge in [-0.15, -0.1) is 0 Å². The first kappa shape index (κ1) is 16.6. The molecule has 2 saturated heterocycles. The molecule has 21 heavy (non-hydrogen) atoms. The van der Waals surface area contributed by atoms with Crippen LogP contribution in [0.1, 0.15) is 32.6 Å². The summed E-state index contributed by atoms with van der Waals surface area (Å²) in [6.45, 7) is 2.12. The molecule has 0 N–H and O–H groups in total. The Morgan fingerprint density at radius 2 is 1.81 bits per heavy atom. The fraction of sp³-hybridized carbons (Fsp3) is 0.917. The number of sulfonamides is 1. The van der Waals surface area contributed by atoms with Crippen molar-refractivity contribution in [2.75, 3.05) is 18.1 Å². The van der Waals surface area contributed by atoms with Crippen LogP contribution in [0.15, 0.2) is 4.99 Å². The molecule has 2 rings (SSSR count). The van der Waals surface area contributed by atoms with Crippen LogP contribution in [0.25, 0.3) is 0 Å². The van der Waals surface area contributed by atoms with Crippen molar-refractivity contribution < 1.29 is 21.6 Å². The molecule has 0 radical (unpaired) electrons. The maximum absolute atomic E-state index is 12.6. The van der Waals surface area contributed by atoms with Gasteiger partial charge in [-0.3, -0.25) is 0 Å². The summed E-state index contributed by atoms with van der Waals surface area (Å²) in [6.07, 6.45) is 2.87. The highest BCUT2D eigenvalue weighted by Crippen LogP contribution is 2.28. The molecule has 2 unspecified atom stereocenters. The van der Waals surface area contributed by atoms with Gasteiger partial charge in [0.2, 0.25) is 16.1 Å². The summed E-state index contributed by atoms with van der Waals surface area (Å²) in [7, 11) is -6.57. The maximum atomic E-state index is 12.6. The van der Waals surface area contributed by atoms with E-state index in [2.05, 4.69) is 4.99 Å². The summed E-state index contributed by atoms with van der Waals surface area (Å²) in [5.74, 6) is -0.117. The molecule has 0 aromatic carbocycles. The van der Waals surface area contributed by atoms with Crippen LogP contribution in [0.5, 0.6) is 0 Å². The lowest BCUT2D eigenvalue weighted by molar-refractivity contribution is 0.245. The minimum absolute atomic E-state index is 0.0584. The molecule has 0 spiro atoms. The second kappa shape index (κ2) is 6.16. The maximum Gasteiger partial charge on any atom is 0.235 e. The average molecular weight is 336 g/mol. The Morgan fingerprint density at radius 1 is 1.19 bits per heavy atom. The van der Waals surface area contributed by atoms with E-state index in [1.807, 2.05) is 0 Å². The van der Waals surface area contributed by atoms with Gasteiger partial charge in [0.25, 0.3) is 0 Å². The lowest BCUT2D eigenvalue weighted by atomic mass is 10.0. The van der Waals surface area contributed by atoms with Gasteiger partial charge in [0, 0.05) is 12.6 Å². The third kappa shape index (κ3) is 3.71. The fourth-order valence-corrected chi connectivity index (χ4v) is 7.01. The number of rotatable bonds is 3. The Balaban J connectivity index is 2.08. The van der Waals surface area contributed by atoms with E-state index in [0.29, 0.717) is 19.4 Å². The number of sulfone groups is 1. The molecule has 0 saturated carbocycles. The molecule has 0 aromatic heterocycles. The Morgan fingerprint density at radius 3 is 2.33 bits per heavy atom. The highest BCUT2D eigenvalue weighted by molar-refractivity contribution is 7.92. The van der Waals surface area contributed by atoms with Gasteiger partial charge in [-0.25, -0.2) is 26.6 Å². The second-order valence-corrected chi connectivity index (χ2v) is 10.2. The summed E-state index contributed by atoms with van der Waals surface area (Å²) in [5, 5.41) is -0.616. The second-order valence-electron chi connectivity index (χ2n) is 5.75. The van der Waals surface area contributed by atoms with E-state index in [0.717, 1.165) is 0 Å². The monoisotopic (exact) mass is 336 g/mol. The van der Waals surface area contributed by atoms with E-state index in [-0.39, 0.29) is 36.4 Å². The highest BCUT2D eigenvalue weighted by atomic mass is 32.2. The molecule has 120 valence electrons. The molecule has 2 atom stereocenters. The van der Waals surface area contributed by atoms with Crippen LogP contribution in [0.3, 0.4) is 0 Å². The van der Waals surface area contributed by atoms with Gasteiger partial charge in [0.15, 0.2) is 0 Å². The Kier molecular flexibility index (Phi) is 4.87. The third-order valence-corrected chi connectivity index (χ3v) is 8.50. The van der Waals surface area contributed by atoms with Crippen LogP contribution in [0.2, 0.25) is 0 Å². The van der Waals surface area contributed by atoms with Crippen LogP contribution < -0.4 is 0 Å². The van der Waals surface area contributed by atoms with Gasteiger partial charge in [-0.1, -0.05) is 0 Å². The van der Waals surface area contributed by atoms with Gasteiger partial charge < -0.3 is 0 Å². The predicted molar refractivity (Wildman–Crippen MR) is 77.9 cm³/mol. The van der Waals surface area contributed by atoms with E-state index in [4.69, 9.17) is 0 Å². The summed E-state index contributed by atoms with van der Waals surface area (Å²) in [4.78, 5) is 14.0. The molecule has 2 aliphatic heterocycles. The first-order chi connectivity index (χ1) is 9.76. The zero-order valence-electron chi connectivity index (χ0n) is 11.9. The fourth-order valence-electron chi connectivity index (χ4n) is 3.05. The number of carbonyl (C=O) groups excluding carboxylic acids is 1. The number of isocyanates is 1. The summed E-state index contributed by atoms with van der Waals surface area (Å²) >= 11 is 0. The van der Waals surface area contributed by atoms with Crippen molar-refractivity contribution in [3.8, 4) is 0 Å². The van der Waals surface area contributed by atoms with Gasteiger partial charge in [0.05, 0.1) is 22.8 Å². The highest BCUT2D eigenvalue weighted by Gasteiger charge is 2.40. The summed E-state index contributed by atoms with van der Waals surface area (Å²) in [6, 6.07) is -0.403. The minimum Gasteiger partial charge on any atom is -0.229 e. The average Bonchev–Trinajstić information content (AvgIpc) is 2.38. The summed E-state index contributed by atoms with van der Waals surface area (Å²) in [5.41, 5.74) is 0. The zero-order valence-corrected chi connectivity index (χ0v) is 13.6. The molecule has 2 aliphatic rings. The molecule has 7 nitrogen and oxygen atoms in total. The number of piperidine rings is 1. The van der Waals surface area contributed by atoms with E-state index in [1.165, 1.54) is 10.4 Å². The molecule has 0 aromatic rings. The summed E-state index contributed by atoms with van der Waals surface area (Å²) < 4.78 is 49.6. The van der Waals surface area contributed by atoms with Crippen LogP contribution in [-0.2, 0) is 24.7 Å². The van der Waals surface area contributed by atoms with Gasteiger partial charge in [-0.2, -0.15) is 4.31 Å². The number of nitrogens with zero attached hydrogens (tertiary/aromatic N) is 2. The Bertz CT molecular complexity index is 623. The van der Waals surface area contributed by atoms with Crippen LogP contribution in [-0.4, -0.2) is 62.6 Å². The van der Waals surface area contributed by atoms with Gasteiger partial charge >= 0.3 is 0 Å². The molecule has 2 heterocycles. The van der Waals surface area contributed by atoms with E-state index >= 15 is 0 Å². The van der Waals surface area contributed by atoms with Crippen molar-refractivity contribution in [1.82, 2.24) is 4.31 Å². The van der Waals surface area contributed by atoms with E-state index < -0.39 is 25.1 Å². The third-order valence-electron chi connectivity index (χ3n) is 4.27. The van der Waals surface area contributed by atoms with E-state index in [1.54, 1.807) is 6.92 Å². The SMILES string of the molecule is CC1CC(N=C=O)CCN1S(=O)(=O)C1CCS(=O)(=O)CC1.